The van der Waals surface area contributed by atoms with Crippen LogP contribution in [0.1, 0.15) is 18.4 Å². The molecule has 0 radical (unpaired) electrons. The minimum Gasteiger partial charge on any atom is -0.312 e. The molecule has 98 valence electrons. The van der Waals surface area contributed by atoms with Crippen LogP contribution in [0.3, 0.4) is 0 Å². The smallest absolute Gasteiger partial charge is 0.251 e. The molecule has 0 bridgehead atoms. The van der Waals surface area contributed by atoms with E-state index in [9.17, 15) is 9.59 Å². The summed E-state index contributed by atoms with van der Waals surface area (Å²) in [5.74, 6) is 0.164. The highest BCUT2D eigenvalue weighted by atomic mass is 16.2. The monoisotopic (exact) mass is 256 g/mol. The molecule has 1 fully saturated rings. The van der Waals surface area contributed by atoms with Gasteiger partial charge in [-0.2, -0.15) is 0 Å². The van der Waals surface area contributed by atoms with E-state index in [1.807, 2.05) is 25.1 Å². The van der Waals surface area contributed by atoms with Gasteiger partial charge in [-0.05, 0) is 31.0 Å². The van der Waals surface area contributed by atoms with Gasteiger partial charge in [0.1, 0.15) is 0 Å². The zero-order valence-corrected chi connectivity index (χ0v) is 11.1. The molecular weight excluding hydrogens is 240 g/mol. The molecule has 1 amide bonds. The van der Waals surface area contributed by atoms with Crippen molar-refractivity contribution in [3.8, 4) is 0 Å². The van der Waals surface area contributed by atoms with Gasteiger partial charge in [-0.15, -0.1) is 0 Å². The first-order chi connectivity index (χ1) is 9.08. The fourth-order valence-corrected chi connectivity index (χ4v) is 2.70. The van der Waals surface area contributed by atoms with Crippen molar-refractivity contribution in [2.75, 3.05) is 11.4 Å². The van der Waals surface area contributed by atoms with E-state index in [1.165, 1.54) is 0 Å². The Morgan fingerprint density at radius 3 is 2.63 bits per heavy atom. The highest BCUT2D eigenvalue weighted by molar-refractivity contribution is 5.97. The number of carbonyl (C=O) groups excluding carboxylic acids is 1. The molecule has 2 heterocycles. The summed E-state index contributed by atoms with van der Waals surface area (Å²) in [6.07, 6.45) is 1.52. The number of aromatic nitrogens is 1. The highest BCUT2D eigenvalue weighted by Crippen LogP contribution is 2.26. The number of nitrogens with zero attached hydrogens (tertiary/aromatic N) is 2. The van der Waals surface area contributed by atoms with Gasteiger partial charge in [0.2, 0.25) is 5.91 Å². The summed E-state index contributed by atoms with van der Waals surface area (Å²) in [7, 11) is 1.76. The van der Waals surface area contributed by atoms with E-state index in [-0.39, 0.29) is 11.5 Å². The molecule has 1 aliphatic rings. The lowest BCUT2D eigenvalue weighted by atomic mass is 10.1. The molecule has 1 aromatic heterocycles. The Bertz CT molecular complexity index is 731. The summed E-state index contributed by atoms with van der Waals surface area (Å²) in [6, 6.07) is 7.53. The molecule has 0 N–H and O–H groups in total. The number of fused-ring (bicyclic) bond motifs is 1. The molecule has 0 unspecified atom stereocenters. The van der Waals surface area contributed by atoms with Crippen LogP contribution in [0.4, 0.5) is 5.69 Å². The summed E-state index contributed by atoms with van der Waals surface area (Å²) < 4.78 is 1.63. The SMILES string of the molecule is Cc1cc(=O)n(C)c2cc(N3CCCC3=O)ccc12. The fourth-order valence-electron chi connectivity index (χ4n) is 2.70. The van der Waals surface area contributed by atoms with E-state index in [1.54, 1.807) is 22.6 Å². The minimum atomic E-state index is -0.0186. The standard InChI is InChI=1S/C15H16N2O2/c1-10-8-15(19)16(2)13-9-11(5-6-12(10)13)17-7-3-4-14(17)18/h5-6,8-9H,3-4,7H2,1-2H3. The van der Waals surface area contributed by atoms with Crippen molar-refractivity contribution < 1.29 is 4.79 Å². The van der Waals surface area contributed by atoms with Crippen molar-refractivity contribution in [2.45, 2.75) is 19.8 Å². The maximum Gasteiger partial charge on any atom is 0.251 e. The van der Waals surface area contributed by atoms with Crippen molar-refractivity contribution in [1.29, 1.82) is 0 Å². The number of carbonyl (C=O) groups is 1. The molecule has 1 aromatic carbocycles. The Labute approximate surface area is 111 Å². The fraction of sp³-hybridized carbons (Fsp3) is 0.333. The molecule has 0 aliphatic carbocycles. The third-order valence-corrected chi connectivity index (χ3v) is 3.82. The van der Waals surface area contributed by atoms with Crippen molar-refractivity contribution in [2.24, 2.45) is 7.05 Å². The second-order valence-corrected chi connectivity index (χ2v) is 5.07. The van der Waals surface area contributed by atoms with E-state index >= 15 is 0 Å². The average molecular weight is 256 g/mol. The van der Waals surface area contributed by atoms with E-state index in [0.29, 0.717) is 6.42 Å². The molecule has 2 aromatic rings. The van der Waals surface area contributed by atoms with E-state index in [0.717, 1.165) is 35.1 Å². The van der Waals surface area contributed by atoms with Gasteiger partial charge in [0.05, 0.1) is 5.52 Å². The van der Waals surface area contributed by atoms with Gasteiger partial charge in [-0.3, -0.25) is 9.59 Å². The highest BCUT2D eigenvalue weighted by Gasteiger charge is 2.22. The number of pyridine rings is 1. The van der Waals surface area contributed by atoms with Crippen LogP contribution < -0.4 is 10.5 Å². The molecule has 0 atom stereocenters. The number of amides is 1. The van der Waals surface area contributed by atoms with Crippen molar-refractivity contribution in [3.05, 3.63) is 40.2 Å². The van der Waals surface area contributed by atoms with Gasteiger partial charge in [-0.25, -0.2) is 0 Å². The van der Waals surface area contributed by atoms with Gasteiger partial charge >= 0.3 is 0 Å². The maximum atomic E-state index is 11.8. The molecule has 19 heavy (non-hydrogen) atoms. The Morgan fingerprint density at radius 2 is 1.95 bits per heavy atom. The predicted octanol–water partition coefficient (Wildman–Crippen LogP) is 1.97. The first kappa shape index (κ1) is 12.0. The van der Waals surface area contributed by atoms with Crippen LogP contribution in [0.15, 0.2) is 29.1 Å². The summed E-state index contributed by atoms with van der Waals surface area (Å²) in [6.45, 7) is 2.70. The lowest BCUT2D eigenvalue weighted by molar-refractivity contribution is -0.117. The van der Waals surface area contributed by atoms with E-state index in [2.05, 4.69) is 0 Å². The first-order valence-corrected chi connectivity index (χ1v) is 6.49. The second kappa shape index (κ2) is 4.23. The number of hydrogen-bond acceptors (Lipinski definition) is 2. The van der Waals surface area contributed by atoms with Crippen LogP contribution in [-0.4, -0.2) is 17.0 Å². The average Bonchev–Trinajstić information content (AvgIpc) is 2.82. The number of benzene rings is 1. The van der Waals surface area contributed by atoms with Crippen molar-refractivity contribution in [1.82, 2.24) is 4.57 Å². The maximum absolute atomic E-state index is 11.8. The van der Waals surface area contributed by atoms with Crippen LogP contribution in [-0.2, 0) is 11.8 Å². The molecule has 0 spiro atoms. The minimum absolute atomic E-state index is 0.0186. The van der Waals surface area contributed by atoms with Gasteiger partial charge in [0.25, 0.3) is 5.56 Å². The number of anilines is 1. The summed E-state index contributed by atoms with van der Waals surface area (Å²) in [5, 5.41) is 1.05. The Balaban J connectivity index is 2.23. The van der Waals surface area contributed by atoms with Crippen LogP contribution in [0.5, 0.6) is 0 Å². The molecular formula is C15H16N2O2. The van der Waals surface area contributed by atoms with Gasteiger partial charge in [0.15, 0.2) is 0 Å². The third-order valence-electron chi connectivity index (χ3n) is 3.82. The van der Waals surface area contributed by atoms with Crippen molar-refractivity contribution >= 4 is 22.5 Å². The quantitative estimate of drug-likeness (QED) is 0.783. The third kappa shape index (κ3) is 1.84. The first-order valence-electron chi connectivity index (χ1n) is 6.49. The molecule has 1 saturated heterocycles. The van der Waals surface area contributed by atoms with E-state index < -0.39 is 0 Å². The lowest BCUT2D eigenvalue weighted by Crippen LogP contribution is -2.24. The topological polar surface area (TPSA) is 42.3 Å². The van der Waals surface area contributed by atoms with Crippen LogP contribution in [0.25, 0.3) is 10.9 Å². The molecule has 4 heteroatoms. The predicted molar refractivity (Wildman–Crippen MR) is 75.5 cm³/mol. The summed E-state index contributed by atoms with van der Waals surface area (Å²) in [4.78, 5) is 25.4. The zero-order chi connectivity index (χ0) is 13.6. The summed E-state index contributed by atoms with van der Waals surface area (Å²) in [5.41, 5.74) is 2.71. The largest absolute Gasteiger partial charge is 0.312 e. The molecule has 1 aliphatic heterocycles. The zero-order valence-electron chi connectivity index (χ0n) is 11.1. The normalized spacial score (nSPS) is 15.5. The van der Waals surface area contributed by atoms with Gasteiger partial charge < -0.3 is 9.47 Å². The lowest BCUT2D eigenvalue weighted by Gasteiger charge is -2.17. The molecule has 3 rings (SSSR count). The molecule has 4 nitrogen and oxygen atoms in total. The Morgan fingerprint density at radius 1 is 1.16 bits per heavy atom. The van der Waals surface area contributed by atoms with Crippen LogP contribution in [0, 0.1) is 6.92 Å². The van der Waals surface area contributed by atoms with Gasteiger partial charge in [-0.1, -0.05) is 6.07 Å². The van der Waals surface area contributed by atoms with Crippen LogP contribution >= 0.6 is 0 Å². The Kier molecular flexibility index (Phi) is 2.66. The second-order valence-electron chi connectivity index (χ2n) is 5.07. The molecule has 0 saturated carbocycles. The van der Waals surface area contributed by atoms with Crippen LogP contribution in [0.2, 0.25) is 0 Å². The summed E-state index contributed by atoms with van der Waals surface area (Å²) >= 11 is 0. The number of hydrogen-bond donors (Lipinski definition) is 0. The number of aryl methyl sites for hydroxylation is 2. The van der Waals surface area contributed by atoms with E-state index in [4.69, 9.17) is 0 Å². The van der Waals surface area contributed by atoms with Crippen molar-refractivity contribution in [3.63, 3.8) is 0 Å². The number of rotatable bonds is 1. The van der Waals surface area contributed by atoms with Gasteiger partial charge in [0, 0.05) is 37.2 Å². The Hall–Kier alpha value is -2.10.